The van der Waals surface area contributed by atoms with Gasteiger partial charge in [-0.3, -0.25) is 9.89 Å². The largest absolute Gasteiger partial charge is 0.356 e. The molecule has 1 aliphatic rings. The Balaban J connectivity index is 1.76. The van der Waals surface area contributed by atoms with Crippen LogP contribution < -0.4 is 10.6 Å². The number of aliphatic imine (C=N–C) groups is 1. The lowest BCUT2D eigenvalue weighted by molar-refractivity contribution is 0.0900. The molecule has 0 amide bonds. The Labute approximate surface area is 163 Å². The Morgan fingerprint density at radius 3 is 2.58 bits per heavy atom. The third-order valence-electron chi connectivity index (χ3n) is 5.06. The average molecular weight is 381 g/mol. The fourth-order valence-electron chi connectivity index (χ4n) is 3.28. The van der Waals surface area contributed by atoms with Gasteiger partial charge in [-0.25, -0.2) is 4.98 Å². The minimum atomic E-state index is 0.535. The van der Waals surface area contributed by atoms with Gasteiger partial charge < -0.3 is 15.5 Å². The molecule has 2 N–H and O–H groups in total. The summed E-state index contributed by atoms with van der Waals surface area (Å²) in [4.78, 5) is 15.2. The Morgan fingerprint density at radius 1 is 1.27 bits per heavy atom. The summed E-state index contributed by atoms with van der Waals surface area (Å²) >= 11 is 1.81. The second-order valence-corrected chi connectivity index (χ2v) is 8.55. The highest BCUT2D eigenvalue weighted by molar-refractivity contribution is 7.11. The van der Waals surface area contributed by atoms with Gasteiger partial charge in [0.05, 0.1) is 5.01 Å². The van der Waals surface area contributed by atoms with Gasteiger partial charge in [0.1, 0.15) is 0 Å². The first-order chi connectivity index (χ1) is 12.5. The maximum atomic E-state index is 4.48. The highest BCUT2D eigenvalue weighted by atomic mass is 32.1. The zero-order valence-electron chi connectivity index (χ0n) is 17.1. The van der Waals surface area contributed by atoms with Crippen LogP contribution in [0.1, 0.15) is 30.7 Å². The van der Waals surface area contributed by atoms with Crippen LogP contribution in [0.4, 0.5) is 0 Å². The van der Waals surface area contributed by atoms with Crippen LogP contribution in [0.2, 0.25) is 0 Å². The SMILES string of the molecule is CCc1cnc(CCNC(=NC)NCC(C(C)C)N2CCN(C)CC2)s1. The molecule has 1 unspecified atom stereocenters. The first-order valence-electron chi connectivity index (χ1n) is 9.84. The lowest BCUT2D eigenvalue weighted by atomic mass is 10.0. The van der Waals surface area contributed by atoms with Gasteiger partial charge >= 0.3 is 0 Å². The number of piperazine rings is 1. The van der Waals surface area contributed by atoms with Gasteiger partial charge in [-0.15, -0.1) is 11.3 Å². The molecule has 1 aromatic rings. The van der Waals surface area contributed by atoms with Crippen molar-refractivity contribution in [2.24, 2.45) is 10.9 Å². The number of aromatic nitrogens is 1. The van der Waals surface area contributed by atoms with Crippen LogP contribution in [-0.2, 0) is 12.8 Å². The Kier molecular flexibility index (Phi) is 8.81. The van der Waals surface area contributed by atoms with Crippen molar-refractivity contribution in [2.45, 2.75) is 39.7 Å². The summed E-state index contributed by atoms with van der Waals surface area (Å²) < 4.78 is 0. The van der Waals surface area contributed by atoms with Crippen LogP contribution in [0.25, 0.3) is 0 Å². The van der Waals surface area contributed by atoms with E-state index in [1.54, 1.807) is 0 Å². The number of rotatable bonds is 8. The monoisotopic (exact) mass is 380 g/mol. The van der Waals surface area contributed by atoms with Crippen molar-refractivity contribution in [3.8, 4) is 0 Å². The van der Waals surface area contributed by atoms with Crippen LogP contribution in [0.5, 0.6) is 0 Å². The number of nitrogens with zero attached hydrogens (tertiary/aromatic N) is 4. The fraction of sp³-hybridized carbons (Fsp3) is 0.789. The van der Waals surface area contributed by atoms with Crippen molar-refractivity contribution < 1.29 is 0 Å². The number of hydrogen-bond donors (Lipinski definition) is 2. The molecule has 1 saturated heterocycles. The smallest absolute Gasteiger partial charge is 0.191 e. The van der Waals surface area contributed by atoms with E-state index >= 15 is 0 Å². The third kappa shape index (κ3) is 6.52. The van der Waals surface area contributed by atoms with E-state index in [2.05, 4.69) is 58.2 Å². The van der Waals surface area contributed by atoms with Crippen LogP contribution in [0.3, 0.4) is 0 Å². The summed E-state index contributed by atoms with van der Waals surface area (Å²) in [5.74, 6) is 1.50. The molecule has 0 aliphatic carbocycles. The fourth-order valence-corrected chi connectivity index (χ4v) is 4.14. The molecule has 148 valence electrons. The van der Waals surface area contributed by atoms with E-state index in [9.17, 15) is 0 Å². The maximum Gasteiger partial charge on any atom is 0.191 e. The molecule has 0 saturated carbocycles. The normalized spacial score (nSPS) is 18.3. The van der Waals surface area contributed by atoms with Crippen molar-refractivity contribution in [3.63, 3.8) is 0 Å². The number of likely N-dealkylation sites (N-methyl/N-ethyl adjacent to an activating group) is 1. The molecular formula is C19H36N6S. The van der Waals surface area contributed by atoms with Gasteiger partial charge in [-0.1, -0.05) is 20.8 Å². The van der Waals surface area contributed by atoms with Gasteiger partial charge in [0.15, 0.2) is 5.96 Å². The van der Waals surface area contributed by atoms with E-state index in [0.717, 1.165) is 58.1 Å². The summed E-state index contributed by atoms with van der Waals surface area (Å²) in [6.07, 6.45) is 4.00. The van der Waals surface area contributed by atoms with E-state index in [4.69, 9.17) is 0 Å². The van der Waals surface area contributed by atoms with Crippen LogP contribution in [0, 0.1) is 5.92 Å². The van der Waals surface area contributed by atoms with Gasteiger partial charge in [0.2, 0.25) is 0 Å². The van der Waals surface area contributed by atoms with Gasteiger partial charge in [0.25, 0.3) is 0 Å². The van der Waals surface area contributed by atoms with E-state index in [0.29, 0.717) is 12.0 Å². The highest BCUT2D eigenvalue weighted by Gasteiger charge is 2.24. The van der Waals surface area contributed by atoms with Crippen LogP contribution in [-0.4, -0.2) is 80.1 Å². The van der Waals surface area contributed by atoms with Crippen molar-refractivity contribution >= 4 is 17.3 Å². The Morgan fingerprint density at radius 2 is 2.00 bits per heavy atom. The zero-order valence-corrected chi connectivity index (χ0v) is 17.9. The van der Waals surface area contributed by atoms with E-state index in [1.807, 2.05) is 24.6 Å². The molecule has 2 heterocycles. The van der Waals surface area contributed by atoms with Gasteiger partial charge in [0, 0.05) is 69.9 Å². The molecule has 0 radical (unpaired) electrons. The quantitative estimate of drug-likeness (QED) is 0.531. The second-order valence-electron chi connectivity index (χ2n) is 7.35. The number of nitrogens with one attached hydrogen (secondary N) is 2. The minimum absolute atomic E-state index is 0.535. The molecule has 1 fully saturated rings. The molecule has 7 heteroatoms. The van der Waals surface area contributed by atoms with Crippen molar-refractivity contribution in [2.75, 3.05) is 53.4 Å². The Bertz CT molecular complexity index is 548. The number of hydrogen-bond acceptors (Lipinski definition) is 5. The molecular weight excluding hydrogens is 344 g/mol. The first-order valence-corrected chi connectivity index (χ1v) is 10.7. The van der Waals surface area contributed by atoms with E-state index in [1.165, 1.54) is 9.88 Å². The summed E-state index contributed by atoms with van der Waals surface area (Å²) in [6.45, 7) is 13.2. The van der Waals surface area contributed by atoms with E-state index < -0.39 is 0 Å². The second kappa shape index (κ2) is 10.8. The molecule has 0 aromatic carbocycles. The lowest BCUT2D eigenvalue weighted by Gasteiger charge is -2.40. The molecule has 2 rings (SSSR count). The molecule has 1 aromatic heterocycles. The van der Waals surface area contributed by atoms with Crippen molar-refractivity contribution in [3.05, 3.63) is 16.1 Å². The topological polar surface area (TPSA) is 55.8 Å². The minimum Gasteiger partial charge on any atom is -0.356 e. The Hall–Kier alpha value is -1.18. The summed E-state index contributed by atoms with van der Waals surface area (Å²) in [7, 11) is 4.05. The summed E-state index contributed by atoms with van der Waals surface area (Å²) in [5.41, 5.74) is 0. The van der Waals surface area contributed by atoms with Gasteiger partial charge in [-0.2, -0.15) is 0 Å². The predicted octanol–water partition coefficient (Wildman–Crippen LogP) is 1.69. The lowest BCUT2D eigenvalue weighted by Crippen LogP contribution is -2.55. The number of thiazole rings is 1. The summed E-state index contributed by atoms with van der Waals surface area (Å²) in [5, 5.41) is 8.15. The van der Waals surface area contributed by atoms with Crippen molar-refractivity contribution in [1.82, 2.24) is 25.4 Å². The molecule has 1 atom stereocenters. The standard InChI is InChI=1S/C19H36N6S/c1-6-16-13-22-18(26-16)7-8-21-19(20-4)23-14-17(15(2)3)25-11-9-24(5)10-12-25/h13,15,17H,6-12,14H2,1-5H3,(H2,20,21,23). The molecule has 26 heavy (non-hydrogen) atoms. The van der Waals surface area contributed by atoms with Crippen molar-refractivity contribution in [1.29, 1.82) is 0 Å². The highest BCUT2D eigenvalue weighted by Crippen LogP contribution is 2.14. The first kappa shape index (κ1) is 21.1. The number of guanidine groups is 1. The van der Waals surface area contributed by atoms with Gasteiger partial charge in [-0.05, 0) is 19.4 Å². The average Bonchev–Trinajstić information content (AvgIpc) is 3.09. The molecule has 1 aliphatic heterocycles. The number of aryl methyl sites for hydroxylation is 1. The zero-order chi connectivity index (χ0) is 18.9. The maximum absolute atomic E-state index is 4.48. The molecule has 0 bridgehead atoms. The molecule has 0 spiro atoms. The van der Waals surface area contributed by atoms with Crippen LogP contribution in [0.15, 0.2) is 11.2 Å². The molecule has 6 nitrogen and oxygen atoms in total. The van der Waals surface area contributed by atoms with Crippen LogP contribution >= 0.6 is 11.3 Å². The third-order valence-corrected chi connectivity index (χ3v) is 6.26. The van der Waals surface area contributed by atoms with E-state index in [-0.39, 0.29) is 0 Å². The summed E-state index contributed by atoms with van der Waals surface area (Å²) in [6, 6.07) is 0.535. The predicted molar refractivity (Wildman–Crippen MR) is 112 cm³/mol.